The van der Waals surface area contributed by atoms with Gasteiger partial charge in [-0.1, -0.05) is 25.9 Å². The largest absolute Gasteiger partial charge is 0.339 e. The molecule has 0 aliphatic carbocycles. The standard InChI is InChI=1S/C8H14N2O/c1-4-5-7-9-8(6(2)3)11-10-7/h6H,4-5H2,1-3H3. The van der Waals surface area contributed by atoms with Gasteiger partial charge in [-0.3, -0.25) is 0 Å². The highest BCUT2D eigenvalue weighted by Crippen LogP contribution is 2.11. The van der Waals surface area contributed by atoms with Gasteiger partial charge < -0.3 is 4.52 Å². The topological polar surface area (TPSA) is 38.9 Å². The number of rotatable bonds is 3. The van der Waals surface area contributed by atoms with Gasteiger partial charge in [-0.05, 0) is 6.42 Å². The summed E-state index contributed by atoms with van der Waals surface area (Å²) in [6.45, 7) is 6.19. The van der Waals surface area contributed by atoms with Crippen LogP contribution in [0.4, 0.5) is 0 Å². The van der Waals surface area contributed by atoms with Gasteiger partial charge in [0.15, 0.2) is 5.82 Å². The number of hydrogen-bond donors (Lipinski definition) is 0. The predicted octanol–water partition coefficient (Wildman–Crippen LogP) is 2.15. The molecule has 3 heteroatoms. The van der Waals surface area contributed by atoms with E-state index in [0.717, 1.165) is 24.6 Å². The van der Waals surface area contributed by atoms with E-state index in [-0.39, 0.29) is 0 Å². The van der Waals surface area contributed by atoms with Crippen LogP contribution in [0.15, 0.2) is 4.52 Å². The molecule has 0 spiro atoms. The molecule has 0 aliphatic rings. The maximum Gasteiger partial charge on any atom is 0.229 e. The third kappa shape index (κ3) is 2.03. The van der Waals surface area contributed by atoms with Crippen molar-refractivity contribution in [3.63, 3.8) is 0 Å². The lowest BCUT2D eigenvalue weighted by molar-refractivity contribution is 0.360. The smallest absolute Gasteiger partial charge is 0.229 e. The van der Waals surface area contributed by atoms with Crippen molar-refractivity contribution in [3.8, 4) is 0 Å². The van der Waals surface area contributed by atoms with Crippen molar-refractivity contribution in [2.24, 2.45) is 0 Å². The first-order valence-electron chi connectivity index (χ1n) is 4.06. The summed E-state index contributed by atoms with van der Waals surface area (Å²) in [6, 6.07) is 0. The highest BCUT2D eigenvalue weighted by Gasteiger charge is 2.07. The Morgan fingerprint density at radius 3 is 2.64 bits per heavy atom. The average molecular weight is 154 g/mol. The van der Waals surface area contributed by atoms with Gasteiger partial charge in [-0.15, -0.1) is 0 Å². The fourth-order valence-electron chi connectivity index (χ4n) is 0.827. The van der Waals surface area contributed by atoms with Gasteiger partial charge in [0.1, 0.15) is 0 Å². The van der Waals surface area contributed by atoms with Gasteiger partial charge >= 0.3 is 0 Å². The summed E-state index contributed by atoms with van der Waals surface area (Å²) in [4.78, 5) is 4.22. The summed E-state index contributed by atoms with van der Waals surface area (Å²) in [6.07, 6.45) is 1.98. The first kappa shape index (κ1) is 8.24. The van der Waals surface area contributed by atoms with E-state index in [1.165, 1.54) is 0 Å². The Labute approximate surface area is 66.8 Å². The fourth-order valence-corrected chi connectivity index (χ4v) is 0.827. The molecule has 0 fully saturated rings. The summed E-state index contributed by atoms with van der Waals surface area (Å²) >= 11 is 0. The quantitative estimate of drug-likeness (QED) is 0.669. The second-order valence-corrected chi connectivity index (χ2v) is 2.95. The first-order chi connectivity index (χ1) is 5.24. The van der Waals surface area contributed by atoms with Crippen LogP contribution in [0.5, 0.6) is 0 Å². The molecular formula is C8H14N2O. The lowest BCUT2D eigenvalue weighted by Crippen LogP contribution is -1.89. The van der Waals surface area contributed by atoms with Crippen LogP contribution < -0.4 is 0 Å². The molecule has 1 heterocycles. The van der Waals surface area contributed by atoms with Crippen LogP contribution in [0.2, 0.25) is 0 Å². The van der Waals surface area contributed by atoms with Crippen molar-refractivity contribution in [2.45, 2.75) is 39.5 Å². The van der Waals surface area contributed by atoms with Crippen molar-refractivity contribution in [3.05, 3.63) is 11.7 Å². The second-order valence-electron chi connectivity index (χ2n) is 2.95. The minimum Gasteiger partial charge on any atom is -0.339 e. The Morgan fingerprint density at radius 1 is 1.45 bits per heavy atom. The molecule has 3 nitrogen and oxygen atoms in total. The van der Waals surface area contributed by atoms with Gasteiger partial charge in [0.05, 0.1) is 0 Å². The van der Waals surface area contributed by atoms with Gasteiger partial charge in [0.2, 0.25) is 5.89 Å². The molecule has 0 unspecified atom stereocenters. The van der Waals surface area contributed by atoms with Crippen molar-refractivity contribution in [2.75, 3.05) is 0 Å². The van der Waals surface area contributed by atoms with Crippen molar-refractivity contribution < 1.29 is 4.52 Å². The maximum absolute atomic E-state index is 5.02. The molecule has 62 valence electrons. The van der Waals surface area contributed by atoms with Crippen LogP contribution in [-0.2, 0) is 6.42 Å². The number of hydrogen-bond acceptors (Lipinski definition) is 3. The van der Waals surface area contributed by atoms with E-state index in [0.29, 0.717) is 5.92 Å². The molecule has 11 heavy (non-hydrogen) atoms. The maximum atomic E-state index is 5.02. The molecular weight excluding hydrogens is 140 g/mol. The van der Waals surface area contributed by atoms with E-state index in [1.807, 2.05) is 13.8 Å². The summed E-state index contributed by atoms with van der Waals surface area (Å²) in [5.74, 6) is 1.91. The van der Waals surface area contributed by atoms with Gasteiger partial charge in [-0.25, -0.2) is 0 Å². The zero-order chi connectivity index (χ0) is 8.27. The number of nitrogens with zero attached hydrogens (tertiary/aromatic N) is 2. The monoisotopic (exact) mass is 154 g/mol. The molecule has 0 saturated carbocycles. The predicted molar refractivity (Wildman–Crippen MR) is 42.4 cm³/mol. The molecule has 0 radical (unpaired) electrons. The summed E-state index contributed by atoms with van der Waals surface area (Å²) in [5.41, 5.74) is 0. The average Bonchev–Trinajstić information content (AvgIpc) is 2.37. The molecule has 0 saturated heterocycles. The van der Waals surface area contributed by atoms with Crippen molar-refractivity contribution in [1.29, 1.82) is 0 Å². The molecule has 0 bridgehead atoms. The molecule has 0 aliphatic heterocycles. The highest BCUT2D eigenvalue weighted by molar-refractivity contribution is 4.90. The zero-order valence-corrected chi connectivity index (χ0v) is 7.29. The molecule has 0 atom stereocenters. The molecule has 1 aromatic heterocycles. The third-order valence-corrected chi connectivity index (χ3v) is 1.45. The van der Waals surface area contributed by atoms with Crippen LogP contribution >= 0.6 is 0 Å². The number of aryl methyl sites for hydroxylation is 1. The van der Waals surface area contributed by atoms with E-state index in [2.05, 4.69) is 17.1 Å². The van der Waals surface area contributed by atoms with E-state index in [1.54, 1.807) is 0 Å². The van der Waals surface area contributed by atoms with E-state index in [4.69, 9.17) is 4.52 Å². The second kappa shape index (κ2) is 3.51. The lowest BCUT2D eigenvalue weighted by Gasteiger charge is -1.91. The zero-order valence-electron chi connectivity index (χ0n) is 7.29. The van der Waals surface area contributed by atoms with Crippen LogP contribution in [0.25, 0.3) is 0 Å². The summed E-state index contributed by atoms with van der Waals surface area (Å²) in [5, 5.41) is 3.84. The van der Waals surface area contributed by atoms with Crippen molar-refractivity contribution >= 4 is 0 Å². The molecule has 1 rings (SSSR count). The highest BCUT2D eigenvalue weighted by atomic mass is 16.5. The first-order valence-corrected chi connectivity index (χ1v) is 4.06. The Bertz CT molecular complexity index is 218. The normalized spacial score (nSPS) is 10.9. The fraction of sp³-hybridized carbons (Fsp3) is 0.750. The van der Waals surface area contributed by atoms with E-state index in [9.17, 15) is 0 Å². The number of aromatic nitrogens is 2. The lowest BCUT2D eigenvalue weighted by atomic mass is 10.2. The summed E-state index contributed by atoms with van der Waals surface area (Å²) < 4.78 is 5.02. The minimum absolute atomic E-state index is 0.341. The van der Waals surface area contributed by atoms with Gasteiger partial charge in [0, 0.05) is 12.3 Å². The molecule has 0 aromatic carbocycles. The third-order valence-electron chi connectivity index (χ3n) is 1.45. The SMILES string of the molecule is CCCc1noc(C(C)C)n1. The Hall–Kier alpha value is -0.860. The summed E-state index contributed by atoms with van der Waals surface area (Å²) in [7, 11) is 0. The minimum atomic E-state index is 0.341. The van der Waals surface area contributed by atoms with Crippen LogP contribution in [0, 0.1) is 0 Å². The molecule has 0 amide bonds. The van der Waals surface area contributed by atoms with Gasteiger partial charge in [0.25, 0.3) is 0 Å². The van der Waals surface area contributed by atoms with Crippen molar-refractivity contribution in [1.82, 2.24) is 10.1 Å². The molecule has 0 N–H and O–H groups in total. The van der Waals surface area contributed by atoms with Crippen LogP contribution in [0.1, 0.15) is 44.8 Å². The van der Waals surface area contributed by atoms with Crippen LogP contribution in [0.3, 0.4) is 0 Å². The Morgan fingerprint density at radius 2 is 2.18 bits per heavy atom. The van der Waals surface area contributed by atoms with E-state index >= 15 is 0 Å². The Kier molecular flexibility index (Phi) is 2.63. The Balaban J connectivity index is 2.66. The molecule has 1 aromatic rings. The van der Waals surface area contributed by atoms with Crippen LogP contribution in [-0.4, -0.2) is 10.1 Å². The van der Waals surface area contributed by atoms with Gasteiger partial charge in [-0.2, -0.15) is 4.98 Å². The van der Waals surface area contributed by atoms with E-state index < -0.39 is 0 Å².